The molecule has 0 saturated carbocycles. The molecular weight excluding hydrogens is 571 g/mol. The van der Waals surface area contributed by atoms with E-state index in [2.05, 4.69) is 10.1 Å². The van der Waals surface area contributed by atoms with Gasteiger partial charge in [0.1, 0.15) is 18.1 Å². The second-order valence-corrected chi connectivity index (χ2v) is 9.70. The molecule has 0 spiro atoms. The molecule has 0 atom stereocenters. The minimum Gasteiger partial charge on any atom is -0.465 e. The molecule has 3 amide bonds. The van der Waals surface area contributed by atoms with Crippen molar-refractivity contribution >= 4 is 75.7 Å². The second-order valence-electron chi connectivity index (χ2n) is 7.89. The van der Waals surface area contributed by atoms with E-state index in [1.165, 1.54) is 50.6 Å². The summed E-state index contributed by atoms with van der Waals surface area (Å²) in [4.78, 5) is 62.4. The van der Waals surface area contributed by atoms with Gasteiger partial charge in [-0.05, 0) is 60.3 Å². The maximum Gasteiger partial charge on any atom is 0.339 e. The molecule has 1 aliphatic rings. The Labute approximate surface area is 235 Å². The van der Waals surface area contributed by atoms with Gasteiger partial charge in [-0.3, -0.25) is 19.3 Å². The number of rotatable bonds is 7. The molecule has 1 saturated heterocycles. The van der Waals surface area contributed by atoms with E-state index >= 15 is 0 Å². The van der Waals surface area contributed by atoms with Crippen LogP contribution in [-0.2, 0) is 19.1 Å². The molecule has 3 aromatic rings. The standard InChI is InChI=1S/C26H18Cl2N2O8S/c1-36-24(33)16-9-13(3-6-18(16)27)20-8-5-15(38-20)11-21-23(32)30(26(35)39-21)12-22(31)29-14-4-7-19(28)17(10-14)25(34)37-2/h3-11H,12H2,1-2H3,(H,29,31)/b21-11+. The Morgan fingerprint density at radius 3 is 2.26 bits per heavy atom. The first kappa shape index (κ1) is 28.0. The molecule has 2 heterocycles. The van der Waals surface area contributed by atoms with E-state index in [9.17, 15) is 24.0 Å². The molecule has 4 rings (SSSR count). The third-order valence-electron chi connectivity index (χ3n) is 5.39. The van der Waals surface area contributed by atoms with Crippen molar-refractivity contribution in [3.8, 4) is 11.3 Å². The average Bonchev–Trinajstić information content (AvgIpc) is 3.49. The molecule has 1 fully saturated rings. The normalized spacial score (nSPS) is 14.1. The van der Waals surface area contributed by atoms with E-state index in [1.807, 2.05) is 0 Å². The SMILES string of the molecule is COC(=O)c1cc(NC(=O)CN2C(=O)S/C(=C/c3ccc(-c4ccc(Cl)c(C(=O)OC)c4)o3)C2=O)ccc1Cl. The van der Waals surface area contributed by atoms with Crippen LogP contribution in [-0.4, -0.2) is 54.7 Å². The third kappa shape index (κ3) is 6.17. The molecule has 0 bridgehead atoms. The number of amides is 3. The fraction of sp³-hybridized carbons (Fsp3) is 0.115. The van der Waals surface area contributed by atoms with Crippen molar-refractivity contribution in [1.29, 1.82) is 0 Å². The van der Waals surface area contributed by atoms with E-state index in [0.717, 1.165) is 4.90 Å². The first-order chi connectivity index (χ1) is 18.6. The zero-order valence-corrected chi connectivity index (χ0v) is 22.6. The minimum absolute atomic E-state index is 0.0454. The summed E-state index contributed by atoms with van der Waals surface area (Å²) >= 11 is 12.7. The smallest absolute Gasteiger partial charge is 0.339 e. The van der Waals surface area contributed by atoms with E-state index < -0.39 is 35.5 Å². The molecule has 13 heteroatoms. The lowest BCUT2D eigenvalue weighted by molar-refractivity contribution is -0.127. The van der Waals surface area contributed by atoms with Gasteiger partial charge < -0.3 is 19.2 Å². The number of benzene rings is 2. The van der Waals surface area contributed by atoms with Crippen LogP contribution in [0.3, 0.4) is 0 Å². The van der Waals surface area contributed by atoms with Gasteiger partial charge in [-0.15, -0.1) is 0 Å². The molecule has 0 unspecified atom stereocenters. The lowest BCUT2D eigenvalue weighted by Crippen LogP contribution is -2.36. The number of furan rings is 1. The Kier molecular flexibility index (Phi) is 8.44. The van der Waals surface area contributed by atoms with Crippen LogP contribution in [0.5, 0.6) is 0 Å². The Morgan fingerprint density at radius 2 is 1.59 bits per heavy atom. The molecule has 39 heavy (non-hydrogen) atoms. The highest BCUT2D eigenvalue weighted by Gasteiger charge is 2.36. The quantitative estimate of drug-likeness (QED) is 0.280. The first-order valence-electron chi connectivity index (χ1n) is 11.0. The lowest BCUT2D eigenvalue weighted by Gasteiger charge is -2.13. The van der Waals surface area contributed by atoms with Crippen LogP contribution < -0.4 is 5.32 Å². The highest BCUT2D eigenvalue weighted by atomic mass is 35.5. The van der Waals surface area contributed by atoms with Gasteiger partial charge >= 0.3 is 11.9 Å². The van der Waals surface area contributed by atoms with E-state index in [-0.39, 0.29) is 37.5 Å². The van der Waals surface area contributed by atoms with Crippen LogP contribution in [0, 0.1) is 0 Å². The number of esters is 2. The summed E-state index contributed by atoms with van der Waals surface area (Å²) in [6, 6.07) is 12.1. The summed E-state index contributed by atoms with van der Waals surface area (Å²) < 4.78 is 15.1. The van der Waals surface area contributed by atoms with Crippen LogP contribution in [0.25, 0.3) is 17.4 Å². The summed E-state index contributed by atoms with van der Waals surface area (Å²) in [5.74, 6) is -1.98. The maximum atomic E-state index is 12.9. The van der Waals surface area contributed by atoms with Crippen molar-refractivity contribution in [2.45, 2.75) is 0 Å². The fourth-order valence-electron chi connectivity index (χ4n) is 3.51. The molecule has 10 nitrogen and oxygen atoms in total. The van der Waals surface area contributed by atoms with Crippen LogP contribution in [0.1, 0.15) is 26.5 Å². The van der Waals surface area contributed by atoms with Crippen LogP contribution >= 0.6 is 35.0 Å². The predicted molar refractivity (Wildman–Crippen MR) is 145 cm³/mol. The molecular formula is C26H18Cl2N2O8S. The van der Waals surface area contributed by atoms with Gasteiger partial charge in [0.05, 0.1) is 40.3 Å². The largest absolute Gasteiger partial charge is 0.465 e. The number of imide groups is 1. The molecule has 200 valence electrons. The molecule has 0 aliphatic carbocycles. The minimum atomic E-state index is -0.687. The van der Waals surface area contributed by atoms with E-state index in [4.69, 9.17) is 32.4 Å². The highest BCUT2D eigenvalue weighted by molar-refractivity contribution is 8.18. The number of ether oxygens (including phenoxy) is 2. The monoisotopic (exact) mass is 588 g/mol. The predicted octanol–water partition coefficient (Wildman–Crippen LogP) is 5.50. The second kappa shape index (κ2) is 11.8. The molecule has 2 aromatic carbocycles. The van der Waals surface area contributed by atoms with Crippen molar-refractivity contribution in [3.63, 3.8) is 0 Å². The van der Waals surface area contributed by atoms with Gasteiger partial charge in [-0.1, -0.05) is 23.2 Å². The molecule has 1 N–H and O–H groups in total. The van der Waals surface area contributed by atoms with Crippen LogP contribution in [0.15, 0.2) is 57.9 Å². The number of hydrogen-bond acceptors (Lipinski definition) is 9. The zero-order chi connectivity index (χ0) is 28.3. The van der Waals surface area contributed by atoms with Gasteiger partial charge in [0, 0.05) is 17.3 Å². The summed E-state index contributed by atoms with van der Waals surface area (Å²) in [6.07, 6.45) is 1.38. The Bertz CT molecular complexity index is 1550. The van der Waals surface area contributed by atoms with Crippen molar-refractivity contribution < 1.29 is 37.9 Å². The maximum absolute atomic E-state index is 12.9. The van der Waals surface area contributed by atoms with Crippen molar-refractivity contribution in [2.75, 3.05) is 26.1 Å². The lowest BCUT2D eigenvalue weighted by atomic mass is 10.1. The molecule has 0 radical (unpaired) electrons. The third-order valence-corrected chi connectivity index (χ3v) is 6.95. The van der Waals surface area contributed by atoms with Gasteiger partial charge in [0.25, 0.3) is 11.1 Å². The number of thioether (sulfide) groups is 1. The van der Waals surface area contributed by atoms with Crippen LogP contribution in [0.4, 0.5) is 10.5 Å². The van der Waals surface area contributed by atoms with Gasteiger partial charge in [-0.25, -0.2) is 9.59 Å². The zero-order valence-electron chi connectivity index (χ0n) is 20.3. The number of methoxy groups -OCH3 is 2. The fourth-order valence-corrected chi connectivity index (χ4v) is 4.72. The first-order valence-corrected chi connectivity index (χ1v) is 12.6. The van der Waals surface area contributed by atoms with Gasteiger partial charge in [0.15, 0.2) is 0 Å². The average molecular weight is 589 g/mol. The van der Waals surface area contributed by atoms with Gasteiger partial charge in [-0.2, -0.15) is 0 Å². The van der Waals surface area contributed by atoms with Crippen molar-refractivity contribution in [1.82, 2.24) is 4.90 Å². The summed E-state index contributed by atoms with van der Waals surface area (Å²) in [7, 11) is 2.44. The summed E-state index contributed by atoms with van der Waals surface area (Å²) in [5.41, 5.74) is 0.980. The highest BCUT2D eigenvalue weighted by Crippen LogP contribution is 2.34. The molecule has 1 aromatic heterocycles. The Morgan fingerprint density at radius 1 is 0.949 bits per heavy atom. The van der Waals surface area contributed by atoms with Crippen molar-refractivity contribution in [2.24, 2.45) is 0 Å². The Balaban J connectivity index is 1.46. The van der Waals surface area contributed by atoms with Crippen molar-refractivity contribution in [3.05, 3.63) is 80.4 Å². The molecule has 1 aliphatic heterocycles. The summed E-state index contributed by atoms with van der Waals surface area (Å²) in [5, 5.41) is 2.24. The van der Waals surface area contributed by atoms with Crippen LogP contribution in [0.2, 0.25) is 10.0 Å². The number of carbonyl (C=O) groups is 5. The number of carbonyl (C=O) groups excluding carboxylic acids is 5. The number of nitrogens with one attached hydrogen (secondary N) is 1. The topological polar surface area (TPSA) is 132 Å². The summed E-state index contributed by atoms with van der Waals surface area (Å²) in [6.45, 7) is -0.553. The number of hydrogen-bond donors (Lipinski definition) is 1. The van der Waals surface area contributed by atoms with Gasteiger partial charge in [0.2, 0.25) is 5.91 Å². The van der Waals surface area contributed by atoms with E-state index in [0.29, 0.717) is 23.1 Å². The number of nitrogens with zero attached hydrogens (tertiary/aromatic N) is 1. The number of anilines is 1. The van der Waals surface area contributed by atoms with E-state index in [1.54, 1.807) is 18.2 Å². The number of halogens is 2. The Hall–Kier alpha value is -4.06.